The molecular formula is C21H30N2O5. The Kier molecular flexibility index (Phi) is 8.60. The van der Waals surface area contributed by atoms with Crippen molar-refractivity contribution in [3.63, 3.8) is 0 Å². The zero-order chi connectivity index (χ0) is 20.5. The Morgan fingerprint density at radius 3 is 2.68 bits per heavy atom. The van der Waals surface area contributed by atoms with Crippen molar-refractivity contribution < 1.29 is 24.2 Å². The molecule has 7 nitrogen and oxygen atoms in total. The van der Waals surface area contributed by atoms with Gasteiger partial charge in [0.1, 0.15) is 12.6 Å². The summed E-state index contributed by atoms with van der Waals surface area (Å²) >= 11 is 0. The summed E-state index contributed by atoms with van der Waals surface area (Å²) in [6.07, 6.45) is 0.671. The lowest BCUT2D eigenvalue weighted by Crippen LogP contribution is -2.44. The number of esters is 1. The lowest BCUT2D eigenvalue weighted by molar-refractivity contribution is -0.147. The van der Waals surface area contributed by atoms with E-state index in [-0.39, 0.29) is 37.6 Å². The van der Waals surface area contributed by atoms with E-state index in [0.717, 1.165) is 12.0 Å². The van der Waals surface area contributed by atoms with Crippen molar-refractivity contribution in [3.05, 3.63) is 35.9 Å². The largest absolute Gasteiger partial charge is 0.466 e. The summed E-state index contributed by atoms with van der Waals surface area (Å²) in [5.74, 6) is -0.828. The third-order valence-electron chi connectivity index (χ3n) is 4.98. The molecule has 1 aliphatic heterocycles. The van der Waals surface area contributed by atoms with Gasteiger partial charge in [-0.15, -0.1) is 0 Å². The van der Waals surface area contributed by atoms with E-state index in [1.165, 1.54) is 0 Å². The molecule has 0 aromatic heterocycles. The Hall–Kier alpha value is -2.25. The number of hydrogen-bond acceptors (Lipinski definition) is 6. The van der Waals surface area contributed by atoms with E-state index in [9.17, 15) is 19.5 Å². The summed E-state index contributed by atoms with van der Waals surface area (Å²) in [5, 5.41) is 10.5. The number of amides is 1. The van der Waals surface area contributed by atoms with Gasteiger partial charge in [0.2, 0.25) is 5.91 Å². The molecule has 154 valence electrons. The smallest absolute Gasteiger partial charge is 0.313 e. The molecule has 1 aromatic carbocycles. The van der Waals surface area contributed by atoms with Crippen LogP contribution >= 0.6 is 0 Å². The molecule has 1 aromatic rings. The number of aliphatic hydroxyl groups excluding tert-OH is 1. The van der Waals surface area contributed by atoms with Crippen LogP contribution in [0.25, 0.3) is 0 Å². The van der Waals surface area contributed by atoms with Gasteiger partial charge < -0.3 is 14.7 Å². The minimum absolute atomic E-state index is 0.0588. The predicted molar refractivity (Wildman–Crippen MR) is 104 cm³/mol. The van der Waals surface area contributed by atoms with Gasteiger partial charge in [0.15, 0.2) is 5.78 Å². The van der Waals surface area contributed by atoms with Crippen LogP contribution in [0.4, 0.5) is 0 Å². The monoisotopic (exact) mass is 390 g/mol. The molecule has 0 bridgehead atoms. The van der Waals surface area contributed by atoms with E-state index in [0.29, 0.717) is 19.5 Å². The number of ether oxygens (including phenoxy) is 1. The molecule has 1 aliphatic rings. The summed E-state index contributed by atoms with van der Waals surface area (Å²) in [4.78, 5) is 39.6. The highest BCUT2D eigenvalue weighted by atomic mass is 16.5. The highest BCUT2D eigenvalue weighted by Gasteiger charge is 2.35. The highest BCUT2D eigenvalue weighted by molar-refractivity contribution is 5.98. The van der Waals surface area contributed by atoms with E-state index in [1.54, 1.807) is 23.8 Å². The third kappa shape index (κ3) is 6.42. The summed E-state index contributed by atoms with van der Waals surface area (Å²) in [6, 6.07) is 9.22. The number of nitrogens with zero attached hydrogens (tertiary/aromatic N) is 2. The number of carbonyl (C=O) groups is 3. The van der Waals surface area contributed by atoms with Gasteiger partial charge in [-0.1, -0.05) is 30.3 Å². The Morgan fingerprint density at radius 2 is 2.00 bits per heavy atom. The van der Waals surface area contributed by atoms with Crippen LogP contribution in [0, 0.1) is 0 Å². The maximum absolute atomic E-state index is 12.4. The normalized spacial score (nSPS) is 17.9. The average molecular weight is 390 g/mol. The van der Waals surface area contributed by atoms with Gasteiger partial charge in [-0.2, -0.15) is 0 Å². The van der Waals surface area contributed by atoms with Gasteiger partial charge >= 0.3 is 5.97 Å². The first-order valence-electron chi connectivity index (χ1n) is 9.82. The molecule has 1 fully saturated rings. The topological polar surface area (TPSA) is 87.1 Å². The molecule has 7 heteroatoms. The second-order valence-corrected chi connectivity index (χ2v) is 7.10. The van der Waals surface area contributed by atoms with E-state index < -0.39 is 18.2 Å². The average Bonchev–Trinajstić information content (AvgIpc) is 3.16. The van der Waals surface area contributed by atoms with Crippen LogP contribution in [-0.4, -0.2) is 65.0 Å². The SMILES string of the molecule is CCOC(=O)CC(=O)C1CCCN1C(O)CCC(=O)N(C)Cc1ccccc1. The minimum atomic E-state index is -0.882. The predicted octanol–water partition coefficient (Wildman–Crippen LogP) is 1.73. The zero-order valence-electron chi connectivity index (χ0n) is 16.7. The first-order chi connectivity index (χ1) is 13.4. The zero-order valence-corrected chi connectivity index (χ0v) is 16.7. The van der Waals surface area contributed by atoms with Crippen molar-refractivity contribution in [2.24, 2.45) is 0 Å². The summed E-state index contributed by atoms with van der Waals surface area (Å²) < 4.78 is 4.83. The Morgan fingerprint density at radius 1 is 1.29 bits per heavy atom. The lowest BCUT2D eigenvalue weighted by atomic mass is 10.1. The minimum Gasteiger partial charge on any atom is -0.466 e. The van der Waals surface area contributed by atoms with Crippen molar-refractivity contribution in [2.75, 3.05) is 20.2 Å². The number of ketones is 1. The van der Waals surface area contributed by atoms with Crippen LogP contribution < -0.4 is 0 Å². The van der Waals surface area contributed by atoms with Gasteiger partial charge in [0, 0.05) is 26.6 Å². The standard InChI is InChI=1S/C21H30N2O5/c1-3-28-21(27)14-18(24)17-10-7-13-23(17)20(26)12-11-19(25)22(2)15-16-8-5-4-6-9-16/h4-6,8-9,17,20,26H,3,7,10-15H2,1-2H3. The van der Waals surface area contributed by atoms with Crippen molar-refractivity contribution in [1.82, 2.24) is 9.80 Å². The second kappa shape index (κ2) is 10.9. The Labute approximate surface area is 166 Å². The van der Waals surface area contributed by atoms with Crippen LogP contribution in [0.3, 0.4) is 0 Å². The number of carbonyl (C=O) groups excluding carboxylic acids is 3. The molecule has 2 atom stereocenters. The fraction of sp³-hybridized carbons (Fsp3) is 0.571. The lowest BCUT2D eigenvalue weighted by Gasteiger charge is -2.29. The number of Topliss-reactive ketones (excluding diaryl/α,β-unsaturated/α-hetero) is 1. The van der Waals surface area contributed by atoms with Crippen molar-refractivity contribution in [2.45, 2.75) is 57.8 Å². The van der Waals surface area contributed by atoms with Gasteiger partial charge in [-0.25, -0.2) is 0 Å². The molecule has 1 saturated heterocycles. The summed E-state index contributed by atoms with van der Waals surface area (Å²) in [5.41, 5.74) is 1.04. The summed E-state index contributed by atoms with van der Waals surface area (Å²) in [7, 11) is 1.74. The van der Waals surface area contributed by atoms with E-state index >= 15 is 0 Å². The molecule has 0 radical (unpaired) electrons. The molecule has 2 rings (SSSR count). The molecular weight excluding hydrogens is 360 g/mol. The Bertz CT molecular complexity index is 664. The van der Waals surface area contributed by atoms with Crippen molar-refractivity contribution >= 4 is 17.7 Å². The van der Waals surface area contributed by atoms with E-state index in [1.807, 2.05) is 30.3 Å². The van der Waals surface area contributed by atoms with Crippen LogP contribution in [0.15, 0.2) is 30.3 Å². The fourth-order valence-corrected chi connectivity index (χ4v) is 3.52. The first kappa shape index (κ1) is 22.0. The third-order valence-corrected chi connectivity index (χ3v) is 4.98. The number of benzene rings is 1. The molecule has 1 amide bonds. The summed E-state index contributed by atoms with van der Waals surface area (Å²) in [6.45, 7) is 3.02. The van der Waals surface area contributed by atoms with Gasteiger partial charge in [-0.05, 0) is 31.7 Å². The second-order valence-electron chi connectivity index (χ2n) is 7.10. The van der Waals surface area contributed by atoms with Crippen molar-refractivity contribution in [1.29, 1.82) is 0 Å². The quantitative estimate of drug-likeness (QED) is 0.484. The number of aliphatic hydroxyl groups is 1. The molecule has 0 aliphatic carbocycles. The van der Waals surface area contributed by atoms with E-state index in [4.69, 9.17) is 4.74 Å². The molecule has 1 N–H and O–H groups in total. The maximum atomic E-state index is 12.4. The first-order valence-corrected chi connectivity index (χ1v) is 9.82. The molecule has 0 spiro atoms. The Balaban J connectivity index is 1.82. The number of likely N-dealkylation sites (tertiary alicyclic amines) is 1. The van der Waals surface area contributed by atoms with Crippen LogP contribution in [-0.2, 0) is 25.7 Å². The number of rotatable bonds is 10. The fourth-order valence-electron chi connectivity index (χ4n) is 3.52. The van der Waals surface area contributed by atoms with Crippen LogP contribution in [0.2, 0.25) is 0 Å². The van der Waals surface area contributed by atoms with Gasteiger partial charge in [0.05, 0.1) is 12.6 Å². The van der Waals surface area contributed by atoms with Gasteiger partial charge in [0.25, 0.3) is 0 Å². The maximum Gasteiger partial charge on any atom is 0.313 e. The van der Waals surface area contributed by atoms with Gasteiger partial charge in [-0.3, -0.25) is 19.3 Å². The van der Waals surface area contributed by atoms with Crippen molar-refractivity contribution in [3.8, 4) is 0 Å². The molecule has 2 unspecified atom stereocenters. The van der Waals surface area contributed by atoms with Crippen LogP contribution in [0.5, 0.6) is 0 Å². The number of hydrogen-bond donors (Lipinski definition) is 1. The van der Waals surface area contributed by atoms with E-state index in [2.05, 4.69) is 0 Å². The van der Waals surface area contributed by atoms with Crippen LogP contribution in [0.1, 0.15) is 44.6 Å². The molecule has 1 heterocycles. The molecule has 0 saturated carbocycles. The highest BCUT2D eigenvalue weighted by Crippen LogP contribution is 2.23. The molecule has 28 heavy (non-hydrogen) atoms.